The number of nitrogens with zero attached hydrogens (tertiary/aromatic N) is 1. The number of likely N-dealkylation sites (N-methyl/N-ethyl adjacent to an activating group) is 1. The molecule has 1 aliphatic carbocycles. The van der Waals surface area contributed by atoms with Crippen LogP contribution in [-0.2, 0) is 0 Å². The van der Waals surface area contributed by atoms with Crippen LogP contribution in [0.15, 0.2) is 0 Å². The quantitative estimate of drug-likeness (QED) is 0.775. The van der Waals surface area contributed by atoms with Crippen LogP contribution in [0.25, 0.3) is 0 Å². The van der Waals surface area contributed by atoms with Crippen molar-refractivity contribution in [3.8, 4) is 0 Å². The second-order valence-corrected chi connectivity index (χ2v) is 6.14. The molecule has 1 saturated heterocycles. The molecule has 2 heteroatoms. The first-order chi connectivity index (χ1) is 7.66. The van der Waals surface area contributed by atoms with E-state index in [1.807, 2.05) is 0 Å². The van der Waals surface area contributed by atoms with Gasteiger partial charge in [-0.05, 0) is 44.7 Å². The molecule has 0 radical (unpaired) electrons. The third kappa shape index (κ3) is 2.98. The largest absolute Gasteiger partial charge is 0.310 e. The van der Waals surface area contributed by atoms with Crippen molar-refractivity contribution in [2.45, 2.75) is 58.0 Å². The molecule has 0 spiro atoms. The van der Waals surface area contributed by atoms with Gasteiger partial charge in [0.25, 0.3) is 0 Å². The monoisotopic (exact) mass is 224 g/mol. The summed E-state index contributed by atoms with van der Waals surface area (Å²) in [5, 5.41) is 3.93. The van der Waals surface area contributed by atoms with Gasteiger partial charge in [-0.2, -0.15) is 0 Å². The molecule has 4 unspecified atom stereocenters. The van der Waals surface area contributed by atoms with E-state index < -0.39 is 0 Å². The summed E-state index contributed by atoms with van der Waals surface area (Å²) in [5.74, 6) is 1.77. The highest BCUT2D eigenvalue weighted by Crippen LogP contribution is 2.30. The fourth-order valence-corrected chi connectivity index (χ4v) is 3.42. The molecule has 4 atom stereocenters. The summed E-state index contributed by atoms with van der Waals surface area (Å²) in [5.41, 5.74) is 0. The van der Waals surface area contributed by atoms with E-state index in [4.69, 9.17) is 0 Å². The van der Waals surface area contributed by atoms with E-state index in [0.29, 0.717) is 0 Å². The van der Waals surface area contributed by atoms with Crippen LogP contribution in [0, 0.1) is 11.8 Å². The summed E-state index contributed by atoms with van der Waals surface area (Å²) < 4.78 is 0. The van der Waals surface area contributed by atoms with Crippen molar-refractivity contribution in [3.05, 3.63) is 0 Å². The number of nitrogens with one attached hydrogen (secondary N) is 1. The van der Waals surface area contributed by atoms with Crippen molar-refractivity contribution in [2.24, 2.45) is 11.8 Å². The lowest BCUT2D eigenvalue weighted by atomic mass is 9.77. The molecule has 0 aromatic rings. The normalized spacial score (nSPS) is 42.2. The van der Waals surface area contributed by atoms with Crippen molar-refractivity contribution in [3.63, 3.8) is 0 Å². The molecule has 0 amide bonds. The van der Waals surface area contributed by atoms with Crippen LogP contribution >= 0.6 is 0 Å². The van der Waals surface area contributed by atoms with E-state index in [1.54, 1.807) is 0 Å². The molecular weight excluding hydrogens is 196 g/mol. The maximum Gasteiger partial charge on any atom is 0.0198 e. The molecule has 0 aromatic carbocycles. The van der Waals surface area contributed by atoms with Crippen molar-refractivity contribution >= 4 is 0 Å². The van der Waals surface area contributed by atoms with E-state index in [1.165, 1.54) is 45.2 Å². The molecule has 2 rings (SSSR count). The minimum absolute atomic E-state index is 0.747. The predicted octanol–water partition coefficient (Wildman–Crippen LogP) is 2.49. The molecule has 2 fully saturated rings. The van der Waals surface area contributed by atoms with Gasteiger partial charge in [0.1, 0.15) is 0 Å². The standard InChI is InChI=1S/C14H28N2/c1-11-6-4-8-14(12(11)2)15-13-7-5-9-16(3)10-13/h11-15H,4-10H2,1-3H3. The highest BCUT2D eigenvalue weighted by molar-refractivity contribution is 4.87. The number of likely N-dealkylation sites (tertiary alicyclic amines) is 1. The average Bonchev–Trinajstić information content (AvgIpc) is 2.25. The number of piperidine rings is 1. The first-order valence-corrected chi connectivity index (χ1v) is 7.11. The molecule has 1 saturated carbocycles. The Kier molecular flexibility index (Phi) is 4.26. The minimum Gasteiger partial charge on any atom is -0.310 e. The molecule has 0 bridgehead atoms. The second kappa shape index (κ2) is 5.50. The summed E-state index contributed by atoms with van der Waals surface area (Å²) in [6, 6.07) is 1.52. The smallest absolute Gasteiger partial charge is 0.0198 e. The van der Waals surface area contributed by atoms with E-state index in [9.17, 15) is 0 Å². The van der Waals surface area contributed by atoms with Crippen molar-refractivity contribution in [1.82, 2.24) is 10.2 Å². The Balaban J connectivity index is 1.83. The molecule has 94 valence electrons. The highest BCUT2D eigenvalue weighted by atomic mass is 15.1. The van der Waals surface area contributed by atoms with Crippen LogP contribution in [0.5, 0.6) is 0 Å². The van der Waals surface area contributed by atoms with Crippen LogP contribution < -0.4 is 5.32 Å². The summed E-state index contributed by atoms with van der Waals surface area (Å²) in [6.07, 6.45) is 6.99. The van der Waals surface area contributed by atoms with Crippen molar-refractivity contribution in [1.29, 1.82) is 0 Å². The summed E-state index contributed by atoms with van der Waals surface area (Å²) in [7, 11) is 2.25. The fraction of sp³-hybridized carbons (Fsp3) is 1.00. The average molecular weight is 224 g/mol. The van der Waals surface area contributed by atoms with Gasteiger partial charge in [0.05, 0.1) is 0 Å². The van der Waals surface area contributed by atoms with Gasteiger partial charge in [-0.1, -0.05) is 26.7 Å². The van der Waals surface area contributed by atoms with E-state index in [-0.39, 0.29) is 0 Å². The first kappa shape index (κ1) is 12.4. The minimum atomic E-state index is 0.747. The van der Waals surface area contributed by atoms with Gasteiger partial charge >= 0.3 is 0 Å². The van der Waals surface area contributed by atoms with Gasteiger partial charge in [-0.15, -0.1) is 0 Å². The summed E-state index contributed by atoms with van der Waals surface area (Å²) in [6.45, 7) is 7.39. The molecule has 1 aliphatic heterocycles. The third-order valence-corrected chi connectivity index (χ3v) is 4.78. The topological polar surface area (TPSA) is 15.3 Å². The fourth-order valence-electron chi connectivity index (χ4n) is 3.42. The Morgan fingerprint density at radius 3 is 2.62 bits per heavy atom. The Labute approximate surface area is 101 Å². The van der Waals surface area contributed by atoms with E-state index in [2.05, 4.69) is 31.1 Å². The molecular formula is C14H28N2. The molecule has 16 heavy (non-hydrogen) atoms. The summed E-state index contributed by atoms with van der Waals surface area (Å²) >= 11 is 0. The highest BCUT2D eigenvalue weighted by Gasteiger charge is 2.29. The zero-order valence-electron chi connectivity index (χ0n) is 11.2. The molecule has 2 aliphatic rings. The van der Waals surface area contributed by atoms with Crippen molar-refractivity contribution < 1.29 is 0 Å². The SMILES string of the molecule is CC1CCCC(NC2CCCN(C)C2)C1C. The Bertz CT molecular complexity index is 217. The lowest BCUT2D eigenvalue weighted by Crippen LogP contribution is -2.51. The maximum absolute atomic E-state index is 3.93. The van der Waals surface area contributed by atoms with Crippen LogP contribution in [-0.4, -0.2) is 37.1 Å². The maximum atomic E-state index is 3.93. The second-order valence-electron chi connectivity index (χ2n) is 6.14. The number of hydrogen-bond donors (Lipinski definition) is 1. The van der Waals surface area contributed by atoms with Gasteiger partial charge in [0, 0.05) is 18.6 Å². The molecule has 1 heterocycles. The van der Waals surface area contributed by atoms with Gasteiger partial charge in [0.2, 0.25) is 0 Å². The van der Waals surface area contributed by atoms with E-state index in [0.717, 1.165) is 23.9 Å². The Hall–Kier alpha value is -0.0800. The van der Waals surface area contributed by atoms with Crippen LogP contribution in [0.2, 0.25) is 0 Å². The third-order valence-electron chi connectivity index (χ3n) is 4.78. The summed E-state index contributed by atoms with van der Waals surface area (Å²) in [4.78, 5) is 2.47. The molecule has 1 N–H and O–H groups in total. The van der Waals surface area contributed by atoms with Gasteiger partial charge in [0.15, 0.2) is 0 Å². The Morgan fingerprint density at radius 1 is 1.06 bits per heavy atom. The van der Waals surface area contributed by atoms with Crippen LogP contribution in [0.4, 0.5) is 0 Å². The molecule has 0 aromatic heterocycles. The predicted molar refractivity (Wildman–Crippen MR) is 69.6 cm³/mol. The number of rotatable bonds is 2. The first-order valence-electron chi connectivity index (χ1n) is 7.11. The zero-order valence-corrected chi connectivity index (χ0v) is 11.2. The van der Waals surface area contributed by atoms with Crippen LogP contribution in [0.1, 0.15) is 46.0 Å². The zero-order chi connectivity index (χ0) is 11.5. The lowest BCUT2D eigenvalue weighted by molar-refractivity contribution is 0.157. The lowest BCUT2D eigenvalue weighted by Gasteiger charge is -2.39. The van der Waals surface area contributed by atoms with Gasteiger partial charge in [-0.25, -0.2) is 0 Å². The van der Waals surface area contributed by atoms with Gasteiger partial charge < -0.3 is 10.2 Å². The van der Waals surface area contributed by atoms with Gasteiger partial charge in [-0.3, -0.25) is 0 Å². The number of hydrogen-bond acceptors (Lipinski definition) is 2. The van der Waals surface area contributed by atoms with E-state index >= 15 is 0 Å². The Morgan fingerprint density at radius 2 is 1.88 bits per heavy atom. The van der Waals surface area contributed by atoms with Crippen molar-refractivity contribution in [2.75, 3.05) is 20.1 Å². The molecule has 2 nitrogen and oxygen atoms in total. The van der Waals surface area contributed by atoms with Crippen LogP contribution in [0.3, 0.4) is 0 Å².